The van der Waals surface area contributed by atoms with Gasteiger partial charge in [-0.3, -0.25) is 4.79 Å². The third-order valence-corrected chi connectivity index (χ3v) is 5.07. The molecule has 0 unspecified atom stereocenters. The van der Waals surface area contributed by atoms with Gasteiger partial charge < -0.3 is 19.5 Å². The van der Waals surface area contributed by atoms with Crippen LogP contribution in [0.1, 0.15) is 22.8 Å². The molecule has 0 bridgehead atoms. The minimum atomic E-state index is -0.608. The monoisotopic (exact) mass is 460 g/mol. The van der Waals surface area contributed by atoms with Gasteiger partial charge in [0.15, 0.2) is 18.2 Å². The number of nitrogens with one attached hydrogen (secondary N) is 1. The standard InChI is InChI=1S/C25H24N4O5/c1-4-33-25(31)19-14-26-29(24(19)28-22(30)15-34-17-9-6-5-7-10-17)21-13-16(2)18-11-8-12-20(32-3)23(18)27-21/h5-14H,4,15H2,1-3H3,(H,28,30). The van der Waals surface area contributed by atoms with Crippen LogP contribution in [0.25, 0.3) is 16.7 Å². The van der Waals surface area contributed by atoms with E-state index in [0.29, 0.717) is 22.8 Å². The van der Waals surface area contributed by atoms with E-state index < -0.39 is 11.9 Å². The molecule has 0 aliphatic rings. The lowest BCUT2D eigenvalue weighted by Crippen LogP contribution is -2.23. The average Bonchev–Trinajstić information content (AvgIpc) is 3.26. The fourth-order valence-electron chi connectivity index (χ4n) is 3.48. The molecule has 1 amide bonds. The molecule has 9 heteroatoms. The lowest BCUT2D eigenvalue weighted by atomic mass is 10.1. The normalized spacial score (nSPS) is 10.7. The van der Waals surface area contributed by atoms with Gasteiger partial charge in [-0.15, -0.1) is 0 Å². The maximum absolute atomic E-state index is 12.7. The molecule has 9 nitrogen and oxygen atoms in total. The highest BCUT2D eigenvalue weighted by Gasteiger charge is 2.23. The molecule has 0 saturated carbocycles. The van der Waals surface area contributed by atoms with Crippen molar-refractivity contribution in [2.24, 2.45) is 0 Å². The predicted molar refractivity (Wildman–Crippen MR) is 127 cm³/mol. The quantitative estimate of drug-likeness (QED) is 0.397. The van der Waals surface area contributed by atoms with E-state index in [4.69, 9.17) is 19.2 Å². The fraction of sp³-hybridized carbons (Fsp3) is 0.200. The van der Waals surface area contributed by atoms with Gasteiger partial charge in [-0.05, 0) is 43.7 Å². The molecule has 0 spiro atoms. The van der Waals surface area contributed by atoms with Crippen LogP contribution in [-0.4, -0.2) is 47.0 Å². The zero-order valence-electron chi connectivity index (χ0n) is 19.1. The molecule has 0 aliphatic heterocycles. The lowest BCUT2D eigenvalue weighted by Gasteiger charge is -2.13. The van der Waals surface area contributed by atoms with Crippen molar-refractivity contribution in [3.05, 3.63) is 71.9 Å². The Hall–Kier alpha value is -4.40. The summed E-state index contributed by atoms with van der Waals surface area (Å²) < 4.78 is 17.5. The first-order valence-electron chi connectivity index (χ1n) is 10.7. The first-order valence-corrected chi connectivity index (χ1v) is 10.7. The van der Waals surface area contributed by atoms with Gasteiger partial charge in [0.25, 0.3) is 5.91 Å². The van der Waals surface area contributed by atoms with E-state index in [2.05, 4.69) is 10.4 Å². The van der Waals surface area contributed by atoms with E-state index >= 15 is 0 Å². The van der Waals surface area contributed by atoms with E-state index in [0.717, 1.165) is 10.9 Å². The molecule has 0 saturated heterocycles. The number of aryl methyl sites for hydroxylation is 1. The summed E-state index contributed by atoms with van der Waals surface area (Å²) in [6.07, 6.45) is 1.34. The molecule has 34 heavy (non-hydrogen) atoms. The number of pyridine rings is 1. The fourth-order valence-corrected chi connectivity index (χ4v) is 3.48. The maximum atomic E-state index is 12.7. The summed E-state index contributed by atoms with van der Waals surface area (Å²) in [5.41, 5.74) is 1.67. The molecule has 0 aliphatic carbocycles. The smallest absolute Gasteiger partial charge is 0.343 e. The van der Waals surface area contributed by atoms with Gasteiger partial charge in [0.1, 0.15) is 22.6 Å². The van der Waals surface area contributed by atoms with Crippen molar-refractivity contribution in [1.29, 1.82) is 0 Å². The number of carbonyl (C=O) groups is 2. The van der Waals surface area contributed by atoms with Gasteiger partial charge in [0.05, 0.1) is 19.9 Å². The van der Waals surface area contributed by atoms with Gasteiger partial charge in [-0.25, -0.2) is 9.78 Å². The SMILES string of the molecule is CCOC(=O)c1cnn(-c2cc(C)c3cccc(OC)c3n2)c1NC(=O)COc1ccccc1. The number of carbonyl (C=O) groups excluding carboxylic acids is 2. The van der Waals surface area contributed by atoms with E-state index in [1.165, 1.54) is 10.9 Å². The molecular formula is C25H24N4O5. The Morgan fingerprint density at radius 2 is 1.88 bits per heavy atom. The highest BCUT2D eigenvalue weighted by atomic mass is 16.5. The minimum Gasteiger partial charge on any atom is -0.494 e. The number of para-hydroxylation sites is 2. The summed E-state index contributed by atoms with van der Waals surface area (Å²) in [5, 5.41) is 7.97. The Morgan fingerprint density at radius 1 is 1.09 bits per heavy atom. The molecule has 0 fully saturated rings. The maximum Gasteiger partial charge on any atom is 0.343 e. The Morgan fingerprint density at radius 3 is 2.62 bits per heavy atom. The highest BCUT2D eigenvalue weighted by Crippen LogP contribution is 2.29. The van der Waals surface area contributed by atoms with Crippen LogP contribution in [0.4, 0.5) is 5.82 Å². The Balaban J connectivity index is 1.72. The van der Waals surface area contributed by atoms with Crippen molar-refractivity contribution in [1.82, 2.24) is 14.8 Å². The number of fused-ring (bicyclic) bond motifs is 1. The summed E-state index contributed by atoms with van der Waals surface area (Å²) in [6, 6.07) is 16.4. The van der Waals surface area contributed by atoms with E-state index in [9.17, 15) is 9.59 Å². The largest absolute Gasteiger partial charge is 0.494 e. The molecule has 2 aromatic carbocycles. The Kier molecular flexibility index (Phi) is 6.72. The van der Waals surface area contributed by atoms with Gasteiger partial charge >= 0.3 is 5.97 Å². The second-order valence-electron chi connectivity index (χ2n) is 7.34. The number of nitrogens with zero attached hydrogens (tertiary/aromatic N) is 3. The average molecular weight is 460 g/mol. The zero-order valence-corrected chi connectivity index (χ0v) is 19.1. The van der Waals surface area contributed by atoms with Crippen molar-refractivity contribution >= 4 is 28.6 Å². The summed E-state index contributed by atoms with van der Waals surface area (Å²) in [7, 11) is 1.57. The van der Waals surface area contributed by atoms with Crippen LogP contribution in [0, 0.1) is 6.92 Å². The number of amides is 1. The van der Waals surface area contributed by atoms with E-state index in [-0.39, 0.29) is 24.6 Å². The van der Waals surface area contributed by atoms with Gasteiger partial charge in [-0.2, -0.15) is 9.78 Å². The Bertz CT molecular complexity index is 1330. The first-order chi connectivity index (χ1) is 16.5. The van der Waals surface area contributed by atoms with Crippen molar-refractivity contribution in [3.8, 4) is 17.3 Å². The van der Waals surface area contributed by atoms with Gasteiger partial charge in [-0.1, -0.05) is 30.3 Å². The third kappa shape index (κ3) is 4.68. The highest BCUT2D eigenvalue weighted by molar-refractivity contribution is 6.01. The molecular weight excluding hydrogens is 436 g/mol. The van der Waals surface area contributed by atoms with Crippen LogP contribution < -0.4 is 14.8 Å². The van der Waals surface area contributed by atoms with Crippen LogP contribution in [0.2, 0.25) is 0 Å². The number of aromatic nitrogens is 3. The predicted octanol–water partition coefficient (Wildman–Crippen LogP) is 3.93. The number of esters is 1. The Labute approximate surface area is 196 Å². The molecule has 1 N–H and O–H groups in total. The van der Waals surface area contributed by atoms with Crippen LogP contribution in [0.15, 0.2) is 60.8 Å². The molecule has 4 rings (SSSR count). The number of methoxy groups -OCH3 is 1. The van der Waals surface area contributed by atoms with Gasteiger partial charge in [0.2, 0.25) is 0 Å². The topological polar surface area (TPSA) is 105 Å². The number of benzene rings is 2. The second kappa shape index (κ2) is 10.0. The lowest BCUT2D eigenvalue weighted by molar-refractivity contribution is -0.118. The van der Waals surface area contributed by atoms with Crippen LogP contribution in [-0.2, 0) is 9.53 Å². The molecule has 0 radical (unpaired) electrons. The van der Waals surface area contributed by atoms with E-state index in [1.807, 2.05) is 49.4 Å². The zero-order chi connectivity index (χ0) is 24.1. The second-order valence-corrected chi connectivity index (χ2v) is 7.34. The van der Waals surface area contributed by atoms with Crippen molar-refractivity contribution < 1.29 is 23.8 Å². The third-order valence-electron chi connectivity index (χ3n) is 5.07. The number of hydrogen-bond donors (Lipinski definition) is 1. The van der Waals surface area contributed by atoms with E-state index in [1.54, 1.807) is 26.2 Å². The van der Waals surface area contributed by atoms with Crippen molar-refractivity contribution in [2.75, 3.05) is 25.6 Å². The first kappa shape index (κ1) is 22.8. The summed E-state index contributed by atoms with van der Waals surface area (Å²) in [6.45, 7) is 3.57. The van der Waals surface area contributed by atoms with Gasteiger partial charge in [0, 0.05) is 5.39 Å². The van der Waals surface area contributed by atoms with Crippen molar-refractivity contribution in [2.45, 2.75) is 13.8 Å². The number of anilines is 1. The summed E-state index contributed by atoms with van der Waals surface area (Å²) in [4.78, 5) is 30.0. The molecule has 0 atom stereocenters. The molecule has 174 valence electrons. The number of hydrogen-bond acceptors (Lipinski definition) is 7. The molecule has 2 heterocycles. The van der Waals surface area contributed by atoms with Crippen molar-refractivity contribution in [3.63, 3.8) is 0 Å². The molecule has 2 aromatic heterocycles. The summed E-state index contributed by atoms with van der Waals surface area (Å²) in [5.74, 6) is 0.623. The summed E-state index contributed by atoms with van der Waals surface area (Å²) >= 11 is 0. The van der Waals surface area contributed by atoms with Crippen LogP contribution in [0.5, 0.6) is 11.5 Å². The molecule has 4 aromatic rings. The number of ether oxygens (including phenoxy) is 3. The van der Waals surface area contributed by atoms with Crippen LogP contribution >= 0.6 is 0 Å². The van der Waals surface area contributed by atoms with Crippen LogP contribution in [0.3, 0.4) is 0 Å². The number of rotatable bonds is 8. The minimum absolute atomic E-state index is 0.106.